The van der Waals surface area contributed by atoms with Gasteiger partial charge < -0.3 is 14.4 Å². The van der Waals surface area contributed by atoms with Gasteiger partial charge in [0.1, 0.15) is 6.61 Å². The van der Waals surface area contributed by atoms with Crippen LogP contribution in [0.2, 0.25) is 0 Å². The number of halogens is 1. The van der Waals surface area contributed by atoms with E-state index in [1.165, 1.54) is 12.1 Å². The molecule has 1 amide bonds. The quantitative estimate of drug-likeness (QED) is 0.129. The lowest BCUT2D eigenvalue weighted by atomic mass is 10.1. The number of nitrogens with zero attached hydrogens (tertiary/aromatic N) is 3. The number of fused-ring (bicyclic) bond motifs is 1. The molecule has 1 atom stereocenters. The van der Waals surface area contributed by atoms with Crippen LogP contribution >= 0.6 is 11.6 Å². The van der Waals surface area contributed by atoms with Crippen LogP contribution in [-0.4, -0.2) is 30.7 Å². The Kier molecular flexibility index (Phi) is 7.31. The summed E-state index contributed by atoms with van der Waals surface area (Å²) in [6.07, 6.45) is 3.28. The van der Waals surface area contributed by atoms with Gasteiger partial charge in [-0.1, -0.05) is 24.3 Å². The second kappa shape index (κ2) is 10.6. The van der Waals surface area contributed by atoms with E-state index in [9.17, 15) is 14.9 Å². The highest BCUT2D eigenvalue weighted by molar-refractivity contribution is 6.17. The van der Waals surface area contributed by atoms with Crippen molar-refractivity contribution >= 4 is 41.3 Å². The summed E-state index contributed by atoms with van der Waals surface area (Å²) in [6, 6.07) is 15.9. The summed E-state index contributed by atoms with van der Waals surface area (Å²) in [5, 5.41) is 11.2. The fourth-order valence-electron chi connectivity index (χ4n) is 4.10. The Morgan fingerprint density at radius 2 is 1.94 bits per heavy atom. The number of amides is 1. The van der Waals surface area contributed by atoms with E-state index in [2.05, 4.69) is 4.99 Å². The van der Waals surface area contributed by atoms with Crippen molar-refractivity contribution in [3.63, 3.8) is 0 Å². The van der Waals surface area contributed by atoms with E-state index in [4.69, 9.17) is 21.1 Å². The van der Waals surface area contributed by atoms with Crippen molar-refractivity contribution in [2.45, 2.75) is 31.9 Å². The predicted molar refractivity (Wildman–Crippen MR) is 135 cm³/mol. The van der Waals surface area contributed by atoms with Crippen molar-refractivity contribution in [1.82, 2.24) is 0 Å². The molecule has 0 saturated carbocycles. The molecule has 1 aliphatic heterocycles. The summed E-state index contributed by atoms with van der Waals surface area (Å²) in [7, 11) is 1.54. The van der Waals surface area contributed by atoms with Gasteiger partial charge in [-0.3, -0.25) is 19.9 Å². The van der Waals surface area contributed by atoms with Crippen LogP contribution in [0.4, 0.5) is 17.1 Å². The molecule has 8 nitrogen and oxygen atoms in total. The Hall–Kier alpha value is -3.91. The number of hydrogen-bond donors (Lipinski definition) is 0. The second-order valence-electron chi connectivity index (χ2n) is 8.17. The largest absolute Gasteiger partial charge is 0.493 e. The van der Waals surface area contributed by atoms with Gasteiger partial charge in [-0.25, -0.2) is 0 Å². The van der Waals surface area contributed by atoms with Crippen molar-refractivity contribution in [2.75, 3.05) is 12.0 Å². The number of ether oxygens (including phenoxy) is 2. The van der Waals surface area contributed by atoms with Gasteiger partial charge in [-0.05, 0) is 41.3 Å². The molecule has 0 saturated heterocycles. The van der Waals surface area contributed by atoms with E-state index in [-0.39, 0.29) is 24.2 Å². The average molecular weight is 494 g/mol. The molecule has 9 heteroatoms. The number of aryl methyl sites for hydroxylation is 1. The molecule has 0 radical (unpaired) electrons. The molecule has 3 aromatic carbocycles. The van der Waals surface area contributed by atoms with Gasteiger partial charge in [-0.2, -0.15) is 0 Å². The van der Waals surface area contributed by atoms with Gasteiger partial charge in [-0.15, -0.1) is 11.6 Å². The van der Waals surface area contributed by atoms with E-state index < -0.39 is 4.92 Å². The van der Waals surface area contributed by atoms with E-state index in [1.807, 2.05) is 37.3 Å². The summed E-state index contributed by atoms with van der Waals surface area (Å²) in [5.41, 5.74) is 4.75. The number of benzene rings is 3. The maximum absolute atomic E-state index is 11.7. The molecule has 0 N–H and O–H groups in total. The number of nitro groups is 1. The number of carbonyl (C=O) groups excluding carboxylic acids is 1. The number of anilines is 1. The Labute approximate surface area is 207 Å². The molecular weight excluding hydrogens is 470 g/mol. The molecule has 3 aromatic rings. The molecule has 1 unspecified atom stereocenters. The van der Waals surface area contributed by atoms with Crippen LogP contribution < -0.4 is 14.4 Å². The van der Waals surface area contributed by atoms with Crippen LogP contribution in [-0.2, 0) is 23.7 Å². The first kappa shape index (κ1) is 24.2. The van der Waals surface area contributed by atoms with Crippen LogP contribution in [0, 0.1) is 17.0 Å². The fourth-order valence-corrected chi connectivity index (χ4v) is 4.25. The maximum Gasteiger partial charge on any atom is 0.270 e. The van der Waals surface area contributed by atoms with Crippen LogP contribution in [0.25, 0.3) is 0 Å². The van der Waals surface area contributed by atoms with Gasteiger partial charge in [0.15, 0.2) is 11.5 Å². The van der Waals surface area contributed by atoms with Crippen LogP contribution in [0.1, 0.15) is 22.3 Å². The van der Waals surface area contributed by atoms with Gasteiger partial charge >= 0.3 is 0 Å². The normalized spacial score (nSPS) is 14.7. The van der Waals surface area contributed by atoms with Gasteiger partial charge in [0.2, 0.25) is 6.41 Å². The number of rotatable bonds is 9. The Bertz CT molecular complexity index is 1290. The first-order valence-corrected chi connectivity index (χ1v) is 11.5. The van der Waals surface area contributed by atoms with Crippen molar-refractivity contribution in [3.8, 4) is 11.5 Å². The maximum atomic E-state index is 11.7. The number of carbonyl (C=O) groups is 1. The van der Waals surface area contributed by atoms with E-state index in [0.717, 1.165) is 23.2 Å². The molecule has 1 aliphatic rings. The number of para-hydroxylation sites is 1. The third kappa shape index (κ3) is 5.27. The van der Waals surface area contributed by atoms with Gasteiger partial charge in [0.05, 0.1) is 23.8 Å². The second-order valence-corrected chi connectivity index (χ2v) is 8.43. The summed E-state index contributed by atoms with van der Waals surface area (Å²) < 4.78 is 11.4. The minimum atomic E-state index is -0.456. The molecule has 0 aromatic heterocycles. The highest BCUT2D eigenvalue weighted by Gasteiger charge is 2.27. The predicted octanol–water partition coefficient (Wildman–Crippen LogP) is 5.52. The zero-order valence-electron chi connectivity index (χ0n) is 19.3. The molecular formula is C26H24ClN3O5. The molecule has 4 rings (SSSR count). The first-order valence-electron chi connectivity index (χ1n) is 10.9. The topological polar surface area (TPSA) is 94.3 Å². The minimum Gasteiger partial charge on any atom is -0.493 e. The van der Waals surface area contributed by atoms with Crippen molar-refractivity contribution in [3.05, 3.63) is 87.0 Å². The van der Waals surface area contributed by atoms with Crippen LogP contribution in [0.5, 0.6) is 11.5 Å². The SMILES string of the molecule is COc1cc(C)c(/N=C\C2Cc3ccccc3N2C=O)cc1OCc1cc(CCl)cc([N+](=O)[O-])c1. The summed E-state index contributed by atoms with van der Waals surface area (Å²) in [5.74, 6) is 1.13. The molecule has 0 fully saturated rings. The zero-order chi connectivity index (χ0) is 24.9. The van der Waals surface area contributed by atoms with Crippen LogP contribution in [0.15, 0.2) is 59.6 Å². The van der Waals surface area contributed by atoms with Crippen molar-refractivity contribution in [2.24, 2.45) is 4.99 Å². The third-order valence-corrected chi connectivity index (χ3v) is 6.14. The summed E-state index contributed by atoms with van der Waals surface area (Å²) >= 11 is 5.89. The number of hydrogen-bond acceptors (Lipinski definition) is 6. The van der Waals surface area contributed by atoms with Crippen molar-refractivity contribution in [1.29, 1.82) is 0 Å². The highest BCUT2D eigenvalue weighted by atomic mass is 35.5. The smallest absolute Gasteiger partial charge is 0.270 e. The monoisotopic (exact) mass is 493 g/mol. The number of non-ortho nitro benzene ring substituents is 1. The third-order valence-electron chi connectivity index (χ3n) is 5.83. The number of alkyl halides is 1. The first-order chi connectivity index (χ1) is 16.9. The molecule has 0 spiro atoms. The summed E-state index contributed by atoms with van der Waals surface area (Å²) in [6.45, 7) is 2.00. The molecule has 35 heavy (non-hydrogen) atoms. The van der Waals surface area contributed by atoms with E-state index in [0.29, 0.717) is 34.7 Å². The highest BCUT2D eigenvalue weighted by Crippen LogP contribution is 2.36. The molecule has 1 heterocycles. The molecule has 0 bridgehead atoms. The number of methoxy groups -OCH3 is 1. The van der Waals surface area contributed by atoms with Crippen molar-refractivity contribution < 1.29 is 19.2 Å². The lowest BCUT2D eigenvalue weighted by Gasteiger charge is -2.17. The van der Waals surface area contributed by atoms with Gasteiger partial charge in [0, 0.05) is 42.4 Å². The van der Waals surface area contributed by atoms with Gasteiger partial charge in [0.25, 0.3) is 5.69 Å². The minimum absolute atomic E-state index is 0.0415. The number of aliphatic imine (C=N–C) groups is 1. The van der Waals surface area contributed by atoms with E-state index in [1.54, 1.807) is 30.4 Å². The Balaban J connectivity index is 1.57. The number of nitro benzene ring substituents is 1. The lowest BCUT2D eigenvalue weighted by molar-refractivity contribution is -0.385. The Morgan fingerprint density at radius 1 is 1.17 bits per heavy atom. The Morgan fingerprint density at radius 3 is 2.66 bits per heavy atom. The molecule has 180 valence electrons. The zero-order valence-corrected chi connectivity index (χ0v) is 20.1. The summed E-state index contributed by atoms with van der Waals surface area (Å²) in [4.78, 5) is 28.8. The fraction of sp³-hybridized carbons (Fsp3) is 0.231. The lowest BCUT2D eigenvalue weighted by Crippen LogP contribution is -2.31. The molecule has 0 aliphatic carbocycles. The standard InChI is InChI=1S/C26H24ClN3O5/c1-17-7-25(34-2)26(35-15-19-8-18(13-27)9-21(10-19)30(32)33)12-23(17)28-14-22-11-20-5-3-4-6-24(20)29(22)16-31/h3-10,12,14,16,22H,11,13,15H2,1-2H3/b28-14-. The van der Waals surface area contributed by atoms with E-state index >= 15 is 0 Å². The van der Waals surface area contributed by atoms with Crippen LogP contribution in [0.3, 0.4) is 0 Å². The average Bonchev–Trinajstić information content (AvgIpc) is 3.24.